The quantitative estimate of drug-likeness (QED) is 0.785. The van der Waals surface area contributed by atoms with Crippen molar-refractivity contribution in [2.45, 2.75) is 6.42 Å². The van der Waals surface area contributed by atoms with Crippen molar-refractivity contribution in [1.82, 2.24) is 0 Å². The van der Waals surface area contributed by atoms with Crippen molar-refractivity contribution in [3.63, 3.8) is 0 Å². The van der Waals surface area contributed by atoms with Crippen molar-refractivity contribution in [2.75, 3.05) is 10.6 Å². The minimum atomic E-state index is -0.00512. The Morgan fingerprint density at radius 2 is 1.86 bits per heavy atom. The molecule has 0 atom stereocenters. The van der Waals surface area contributed by atoms with Crippen molar-refractivity contribution >= 4 is 59.4 Å². The molecule has 1 N–H and O–H groups in total. The molecule has 0 aromatic heterocycles. The highest BCUT2D eigenvalue weighted by atomic mass is 79.9. The number of alkyl halides is 1. The third kappa shape index (κ3) is 3.37. The van der Waals surface area contributed by atoms with Crippen molar-refractivity contribution in [3.8, 4) is 0 Å². The topological polar surface area (TPSA) is 29.1 Å². The second kappa shape index (κ2) is 5.88. The predicted molar refractivity (Wildman–Crippen MR) is 68.9 cm³/mol. The standard InChI is InChI=1S/C9H8Br3NO/c10-5-4-8(14)13-9-6(11)2-1-3-7(9)12/h1-3H,4-5H2,(H,13,14). The maximum atomic E-state index is 11.3. The van der Waals surface area contributed by atoms with Crippen molar-refractivity contribution in [2.24, 2.45) is 0 Å². The molecule has 5 heteroatoms. The lowest BCUT2D eigenvalue weighted by atomic mass is 10.3. The Kier molecular flexibility index (Phi) is 5.12. The van der Waals surface area contributed by atoms with Crippen LogP contribution in [-0.4, -0.2) is 11.2 Å². The summed E-state index contributed by atoms with van der Waals surface area (Å²) in [7, 11) is 0. The van der Waals surface area contributed by atoms with Crippen LogP contribution < -0.4 is 5.32 Å². The van der Waals surface area contributed by atoms with Crippen LogP contribution in [0.1, 0.15) is 6.42 Å². The molecule has 0 aliphatic carbocycles. The van der Waals surface area contributed by atoms with Gasteiger partial charge in [0.05, 0.1) is 5.69 Å². The van der Waals surface area contributed by atoms with Crippen LogP contribution in [0.3, 0.4) is 0 Å². The zero-order valence-electron chi connectivity index (χ0n) is 7.19. The lowest BCUT2D eigenvalue weighted by Crippen LogP contribution is -2.12. The lowest BCUT2D eigenvalue weighted by Gasteiger charge is -2.08. The smallest absolute Gasteiger partial charge is 0.225 e. The summed E-state index contributed by atoms with van der Waals surface area (Å²) in [6.07, 6.45) is 0.466. The van der Waals surface area contributed by atoms with Gasteiger partial charge in [-0.25, -0.2) is 0 Å². The Balaban J connectivity index is 2.80. The summed E-state index contributed by atoms with van der Waals surface area (Å²) >= 11 is 9.96. The summed E-state index contributed by atoms with van der Waals surface area (Å²) in [5.41, 5.74) is 0.776. The highest BCUT2D eigenvalue weighted by molar-refractivity contribution is 9.11. The summed E-state index contributed by atoms with van der Waals surface area (Å²) in [6, 6.07) is 5.66. The van der Waals surface area contributed by atoms with Gasteiger partial charge in [0.15, 0.2) is 0 Å². The average Bonchev–Trinajstić information content (AvgIpc) is 2.12. The fraction of sp³-hybridized carbons (Fsp3) is 0.222. The number of nitrogens with one attached hydrogen (secondary N) is 1. The second-order valence-electron chi connectivity index (χ2n) is 2.58. The van der Waals surface area contributed by atoms with Gasteiger partial charge in [-0.2, -0.15) is 0 Å². The molecule has 1 amide bonds. The van der Waals surface area contributed by atoms with Gasteiger partial charge in [0.1, 0.15) is 0 Å². The van der Waals surface area contributed by atoms with Gasteiger partial charge in [-0.1, -0.05) is 22.0 Å². The van der Waals surface area contributed by atoms with E-state index in [4.69, 9.17) is 0 Å². The molecule has 2 nitrogen and oxygen atoms in total. The molecule has 0 fully saturated rings. The number of para-hydroxylation sites is 1. The van der Waals surface area contributed by atoms with Crippen LogP contribution in [0.15, 0.2) is 27.1 Å². The minimum absolute atomic E-state index is 0.00512. The van der Waals surface area contributed by atoms with E-state index >= 15 is 0 Å². The largest absolute Gasteiger partial charge is 0.324 e. The summed E-state index contributed by atoms with van der Waals surface area (Å²) in [5, 5.41) is 3.48. The highest BCUT2D eigenvalue weighted by Gasteiger charge is 2.07. The fourth-order valence-electron chi connectivity index (χ4n) is 0.905. The molecule has 14 heavy (non-hydrogen) atoms. The van der Waals surface area contributed by atoms with E-state index in [-0.39, 0.29) is 5.91 Å². The van der Waals surface area contributed by atoms with Crippen LogP contribution in [0.4, 0.5) is 5.69 Å². The molecule has 0 aliphatic heterocycles. The Hall–Kier alpha value is 0.130. The van der Waals surface area contributed by atoms with Gasteiger partial charge < -0.3 is 5.32 Å². The van der Waals surface area contributed by atoms with Crippen molar-refractivity contribution < 1.29 is 4.79 Å². The molecule has 0 saturated heterocycles. The first-order chi connectivity index (χ1) is 6.65. The van der Waals surface area contributed by atoms with Crippen LogP contribution in [0, 0.1) is 0 Å². The summed E-state index contributed by atoms with van der Waals surface area (Å²) in [4.78, 5) is 11.3. The van der Waals surface area contributed by atoms with Crippen molar-refractivity contribution in [1.29, 1.82) is 0 Å². The number of anilines is 1. The number of hydrogen-bond donors (Lipinski definition) is 1. The van der Waals surface area contributed by atoms with E-state index < -0.39 is 0 Å². The maximum absolute atomic E-state index is 11.3. The van der Waals surface area contributed by atoms with Crippen LogP contribution in [-0.2, 0) is 4.79 Å². The summed E-state index contributed by atoms with van der Waals surface area (Å²) < 4.78 is 1.74. The van der Waals surface area contributed by atoms with E-state index in [1.807, 2.05) is 18.2 Å². The Labute approximate surface area is 108 Å². The van der Waals surface area contributed by atoms with Crippen LogP contribution in [0.2, 0.25) is 0 Å². The molecular weight excluding hydrogens is 378 g/mol. The third-order valence-electron chi connectivity index (χ3n) is 1.55. The molecule has 76 valence electrons. The van der Waals surface area contributed by atoms with E-state index in [1.165, 1.54) is 0 Å². The maximum Gasteiger partial charge on any atom is 0.225 e. The molecule has 0 aliphatic rings. The summed E-state index contributed by atoms with van der Waals surface area (Å²) in [5.74, 6) is -0.00512. The fourth-order valence-corrected chi connectivity index (χ4v) is 2.46. The molecular formula is C9H8Br3NO. The van der Waals surface area contributed by atoms with Crippen LogP contribution in [0.25, 0.3) is 0 Å². The van der Waals surface area contributed by atoms with E-state index in [0.717, 1.165) is 14.6 Å². The molecule has 0 spiro atoms. The van der Waals surface area contributed by atoms with Gasteiger partial charge in [-0.05, 0) is 44.0 Å². The first kappa shape index (κ1) is 12.2. The average molecular weight is 386 g/mol. The normalized spacial score (nSPS) is 9.93. The zero-order chi connectivity index (χ0) is 10.6. The molecule has 1 aromatic rings. The SMILES string of the molecule is O=C(CCBr)Nc1c(Br)cccc1Br. The van der Waals surface area contributed by atoms with Crippen molar-refractivity contribution in [3.05, 3.63) is 27.1 Å². The number of carbonyl (C=O) groups is 1. The first-order valence-corrected chi connectivity index (χ1v) is 6.65. The van der Waals surface area contributed by atoms with Gasteiger partial charge in [-0.3, -0.25) is 4.79 Å². The van der Waals surface area contributed by atoms with Crippen LogP contribution >= 0.6 is 47.8 Å². The zero-order valence-corrected chi connectivity index (χ0v) is 11.9. The molecule has 0 radical (unpaired) electrons. The molecule has 0 bridgehead atoms. The second-order valence-corrected chi connectivity index (χ2v) is 5.09. The molecule has 0 unspecified atom stereocenters. The molecule has 0 saturated carbocycles. The van der Waals surface area contributed by atoms with Gasteiger partial charge in [-0.15, -0.1) is 0 Å². The number of halogens is 3. The van der Waals surface area contributed by atoms with E-state index in [1.54, 1.807) is 0 Å². The van der Waals surface area contributed by atoms with E-state index in [0.29, 0.717) is 11.8 Å². The van der Waals surface area contributed by atoms with E-state index in [9.17, 15) is 4.79 Å². The number of hydrogen-bond acceptors (Lipinski definition) is 1. The summed E-state index contributed by atoms with van der Waals surface area (Å²) in [6.45, 7) is 0. The minimum Gasteiger partial charge on any atom is -0.324 e. The number of amides is 1. The van der Waals surface area contributed by atoms with Crippen LogP contribution in [0.5, 0.6) is 0 Å². The molecule has 1 rings (SSSR count). The highest BCUT2D eigenvalue weighted by Crippen LogP contribution is 2.30. The lowest BCUT2D eigenvalue weighted by molar-refractivity contribution is -0.115. The van der Waals surface area contributed by atoms with Gasteiger partial charge in [0.25, 0.3) is 0 Å². The van der Waals surface area contributed by atoms with Gasteiger partial charge >= 0.3 is 0 Å². The number of benzene rings is 1. The Morgan fingerprint density at radius 1 is 1.29 bits per heavy atom. The molecule has 1 aromatic carbocycles. The third-order valence-corrected chi connectivity index (χ3v) is 3.27. The number of rotatable bonds is 3. The van der Waals surface area contributed by atoms with E-state index in [2.05, 4.69) is 53.1 Å². The van der Waals surface area contributed by atoms with Gasteiger partial charge in [0.2, 0.25) is 5.91 Å². The Morgan fingerprint density at radius 3 is 2.36 bits per heavy atom. The Bertz CT molecular complexity index is 321. The van der Waals surface area contributed by atoms with Gasteiger partial charge in [0, 0.05) is 20.7 Å². The molecule has 0 heterocycles. The first-order valence-electron chi connectivity index (χ1n) is 3.95. The monoisotopic (exact) mass is 383 g/mol. The number of carbonyl (C=O) groups excluding carboxylic acids is 1. The predicted octanol–water partition coefficient (Wildman–Crippen LogP) is 3.94.